The van der Waals surface area contributed by atoms with Gasteiger partial charge in [0.25, 0.3) is 0 Å². The fourth-order valence-electron chi connectivity index (χ4n) is 4.03. The number of nitrogens with one attached hydrogen (secondary N) is 1. The first-order chi connectivity index (χ1) is 15.3. The van der Waals surface area contributed by atoms with Crippen molar-refractivity contribution >= 4 is 27.9 Å². The summed E-state index contributed by atoms with van der Waals surface area (Å²) < 4.78 is 8.02. The number of carbonyl (C=O) groups excluding carboxylic acids is 1. The second-order valence-electron chi connectivity index (χ2n) is 7.40. The number of anilines is 1. The number of fused-ring (bicyclic) bond motifs is 3. The number of ether oxygens (including phenoxy) is 1. The molecule has 0 atom stereocenters. The van der Waals surface area contributed by atoms with Crippen LogP contribution < -0.4 is 10.1 Å². The lowest BCUT2D eigenvalue weighted by molar-refractivity contribution is -0.116. The first kappa shape index (κ1) is 17.9. The SMILES string of the molecule is O=C(Nc1cccc(-c2cn3ccsc3n2)c1)C1c2ccccc2Oc2ccccc21. The summed E-state index contributed by atoms with van der Waals surface area (Å²) >= 11 is 1.59. The second kappa shape index (κ2) is 7.11. The monoisotopic (exact) mass is 423 g/mol. The fourth-order valence-corrected chi connectivity index (χ4v) is 4.73. The van der Waals surface area contributed by atoms with Crippen LogP contribution in [-0.4, -0.2) is 15.3 Å². The number of thiazole rings is 1. The van der Waals surface area contributed by atoms with Crippen LogP contribution in [0.25, 0.3) is 16.2 Å². The molecule has 1 aliphatic heterocycles. The highest BCUT2D eigenvalue weighted by molar-refractivity contribution is 7.15. The zero-order valence-electron chi connectivity index (χ0n) is 16.4. The van der Waals surface area contributed by atoms with Gasteiger partial charge in [0.15, 0.2) is 4.96 Å². The van der Waals surface area contributed by atoms with Gasteiger partial charge in [0, 0.05) is 40.2 Å². The first-order valence-corrected chi connectivity index (χ1v) is 10.8. The number of rotatable bonds is 3. The van der Waals surface area contributed by atoms with Gasteiger partial charge in [-0.05, 0) is 24.3 Å². The van der Waals surface area contributed by atoms with E-state index in [1.165, 1.54) is 0 Å². The maximum Gasteiger partial charge on any atom is 0.236 e. The van der Waals surface area contributed by atoms with Crippen molar-refractivity contribution < 1.29 is 9.53 Å². The lowest BCUT2D eigenvalue weighted by Gasteiger charge is -2.27. The van der Waals surface area contributed by atoms with Crippen molar-refractivity contribution in [2.45, 2.75) is 5.92 Å². The number of amides is 1. The highest BCUT2D eigenvalue weighted by Gasteiger charge is 2.32. The minimum absolute atomic E-state index is 0.0915. The molecule has 5 nitrogen and oxygen atoms in total. The summed E-state index contributed by atoms with van der Waals surface area (Å²) in [6.07, 6.45) is 3.99. The Morgan fingerprint density at radius 2 is 1.71 bits per heavy atom. The molecule has 0 bridgehead atoms. The number of para-hydroxylation sites is 2. The minimum atomic E-state index is -0.442. The van der Waals surface area contributed by atoms with Gasteiger partial charge in [-0.15, -0.1) is 11.3 Å². The predicted molar refractivity (Wildman–Crippen MR) is 122 cm³/mol. The molecule has 3 aromatic carbocycles. The van der Waals surface area contributed by atoms with Gasteiger partial charge in [-0.3, -0.25) is 9.20 Å². The number of hydrogen-bond acceptors (Lipinski definition) is 4. The van der Waals surface area contributed by atoms with Gasteiger partial charge in [-0.25, -0.2) is 4.98 Å². The van der Waals surface area contributed by atoms with Crippen LogP contribution in [-0.2, 0) is 4.79 Å². The van der Waals surface area contributed by atoms with Crippen LogP contribution in [0.2, 0.25) is 0 Å². The van der Waals surface area contributed by atoms with Crippen LogP contribution >= 0.6 is 11.3 Å². The Balaban J connectivity index is 1.34. The zero-order valence-corrected chi connectivity index (χ0v) is 17.2. The average Bonchev–Trinajstić information content (AvgIpc) is 3.40. The van der Waals surface area contributed by atoms with Gasteiger partial charge in [0.2, 0.25) is 5.91 Å². The first-order valence-electron chi connectivity index (χ1n) is 9.95. The molecule has 0 saturated carbocycles. The third-order valence-electron chi connectivity index (χ3n) is 5.46. The maximum absolute atomic E-state index is 13.5. The van der Waals surface area contributed by atoms with Gasteiger partial charge in [-0.2, -0.15) is 0 Å². The van der Waals surface area contributed by atoms with Gasteiger partial charge in [-0.1, -0.05) is 48.5 Å². The molecule has 1 amide bonds. The number of hydrogen-bond donors (Lipinski definition) is 1. The van der Waals surface area contributed by atoms with E-state index < -0.39 is 5.92 Å². The van der Waals surface area contributed by atoms with Crippen LogP contribution in [0.4, 0.5) is 5.69 Å². The number of imidazole rings is 1. The Bertz CT molecular complexity index is 1360. The van der Waals surface area contributed by atoms with Crippen molar-refractivity contribution in [3.8, 4) is 22.8 Å². The van der Waals surface area contributed by atoms with E-state index in [1.807, 2.05) is 95.0 Å². The second-order valence-corrected chi connectivity index (χ2v) is 8.27. The number of nitrogens with zero attached hydrogens (tertiary/aromatic N) is 2. The molecule has 0 fully saturated rings. The van der Waals surface area contributed by atoms with E-state index in [2.05, 4.69) is 10.3 Å². The molecule has 0 saturated heterocycles. The van der Waals surface area contributed by atoms with Gasteiger partial charge < -0.3 is 10.1 Å². The van der Waals surface area contributed by atoms with Crippen molar-refractivity contribution in [3.63, 3.8) is 0 Å². The summed E-state index contributed by atoms with van der Waals surface area (Å²) in [7, 11) is 0. The summed E-state index contributed by atoms with van der Waals surface area (Å²) in [5.74, 6) is 0.898. The van der Waals surface area contributed by atoms with Gasteiger partial charge in [0.1, 0.15) is 11.5 Å². The molecule has 6 rings (SSSR count). The molecule has 1 N–H and O–H groups in total. The maximum atomic E-state index is 13.5. The summed E-state index contributed by atoms with van der Waals surface area (Å²) in [4.78, 5) is 19.1. The van der Waals surface area contributed by atoms with E-state index in [4.69, 9.17) is 4.74 Å². The molecule has 1 aliphatic rings. The summed E-state index contributed by atoms with van der Waals surface area (Å²) in [6, 6.07) is 23.2. The highest BCUT2D eigenvalue weighted by Crippen LogP contribution is 2.44. The Hall–Kier alpha value is -3.90. The van der Waals surface area contributed by atoms with Crippen molar-refractivity contribution in [2.75, 3.05) is 5.32 Å². The predicted octanol–water partition coefficient (Wildman–Crippen LogP) is 5.94. The number of carbonyl (C=O) groups is 1. The van der Waals surface area contributed by atoms with E-state index in [9.17, 15) is 4.79 Å². The lowest BCUT2D eigenvalue weighted by atomic mass is 9.87. The smallest absolute Gasteiger partial charge is 0.236 e. The van der Waals surface area contributed by atoms with E-state index in [0.29, 0.717) is 11.5 Å². The molecule has 6 heteroatoms. The summed E-state index contributed by atoms with van der Waals surface area (Å²) in [5.41, 5.74) is 4.31. The van der Waals surface area contributed by atoms with Crippen molar-refractivity contribution in [1.29, 1.82) is 0 Å². The Kier molecular flexibility index (Phi) is 4.11. The molecule has 0 aliphatic carbocycles. The van der Waals surface area contributed by atoms with Crippen LogP contribution in [0.15, 0.2) is 90.6 Å². The molecule has 150 valence electrons. The van der Waals surface area contributed by atoms with Crippen LogP contribution in [0.3, 0.4) is 0 Å². The fraction of sp³-hybridized carbons (Fsp3) is 0.0400. The Morgan fingerprint density at radius 3 is 2.45 bits per heavy atom. The highest BCUT2D eigenvalue weighted by atomic mass is 32.1. The van der Waals surface area contributed by atoms with Crippen molar-refractivity contribution in [3.05, 3.63) is 102 Å². The molecule has 0 radical (unpaired) electrons. The average molecular weight is 423 g/mol. The topological polar surface area (TPSA) is 55.6 Å². The van der Waals surface area contributed by atoms with E-state index in [-0.39, 0.29) is 5.91 Å². The third kappa shape index (κ3) is 3.08. The van der Waals surface area contributed by atoms with Crippen LogP contribution in [0, 0.1) is 0 Å². The largest absolute Gasteiger partial charge is 0.457 e. The van der Waals surface area contributed by atoms with Crippen molar-refractivity contribution in [1.82, 2.24) is 9.38 Å². The molecule has 0 spiro atoms. The summed E-state index contributed by atoms with van der Waals surface area (Å²) in [5, 5.41) is 5.11. The van der Waals surface area contributed by atoms with Gasteiger partial charge in [0.05, 0.1) is 11.6 Å². The van der Waals surface area contributed by atoms with Crippen LogP contribution in [0.1, 0.15) is 17.0 Å². The molecule has 2 aromatic heterocycles. The van der Waals surface area contributed by atoms with Crippen LogP contribution in [0.5, 0.6) is 11.5 Å². The Labute approximate surface area is 182 Å². The lowest BCUT2D eigenvalue weighted by Crippen LogP contribution is -2.25. The Morgan fingerprint density at radius 1 is 0.968 bits per heavy atom. The normalized spacial score (nSPS) is 12.8. The molecule has 0 unspecified atom stereocenters. The van der Waals surface area contributed by atoms with Crippen molar-refractivity contribution in [2.24, 2.45) is 0 Å². The molecule has 31 heavy (non-hydrogen) atoms. The standard InChI is InChI=1S/C25H17N3O2S/c29-24(23-18-8-1-3-10-21(18)30-22-11-4-2-9-19(22)23)26-17-7-5-6-16(14-17)20-15-28-12-13-31-25(28)27-20/h1-15,23H,(H,26,29). The zero-order chi connectivity index (χ0) is 20.8. The van der Waals surface area contributed by atoms with E-state index in [1.54, 1.807) is 11.3 Å². The van der Waals surface area contributed by atoms with E-state index in [0.717, 1.165) is 33.0 Å². The quantitative estimate of drug-likeness (QED) is 0.391. The van der Waals surface area contributed by atoms with E-state index >= 15 is 0 Å². The molecular formula is C25H17N3O2S. The molecular weight excluding hydrogens is 406 g/mol. The molecule has 5 aromatic rings. The third-order valence-corrected chi connectivity index (χ3v) is 6.23. The number of aromatic nitrogens is 2. The minimum Gasteiger partial charge on any atom is -0.457 e. The van der Waals surface area contributed by atoms with Gasteiger partial charge >= 0.3 is 0 Å². The number of benzene rings is 3. The summed E-state index contributed by atoms with van der Waals surface area (Å²) in [6.45, 7) is 0. The molecule has 3 heterocycles.